The lowest BCUT2D eigenvalue weighted by Crippen LogP contribution is -2.40. The van der Waals surface area contributed by atoms with Gasteiger partial charge in [0.2, 0.25) is 0 Å². The molecule has 164 valence electrons. The minimum atomic E-state index is -3.42. The topological polar surface area (TPSA) is 49.9 Å². The van der Waals surface area contributed by atoms with Crippen molar-refractivity contribution < 1.29 is 13.2 Å². The van der Waals surface area contributed by atoms with E-state index in [1.54, 1.807) is 10.4 Å². The van der Waals surface area contributed by atoms with Gasteiger partial charge in [0, 0.05) is 44.2 Å². The molecule has 0 saturated carbocycles. The molecular weight excluding hydrogens is 404 g/mol. The van der Waals surface area contributed by atoms with E-state index in [1.807, 2.05) is 18.2 Å². The molecule has 5 nitrogen and oxygen atoms in total. The van der Waals surface area contributed by atoms with E-state index in [2.05, 4.69) is 25.0 Å². The standard InChI is InChI=1S/C22H36N2O3S2/c1-4-7-8-9-18-27-20-12-16-24(17-13-20)29(25,26)22-11-10-21(28-22)19-23(14-5-2)15-6-3/h5-6,10-11,20H,2-4,7-9,12-19H2,1H3. The van der Waals surface area contributed by atoms with Crippen LogP contribution in [0.1, 0.15) is 50.3 Å². The van der Waals surface area contributed by atoms with E-state index in [9.17, 15) is 8.42 Å². The third kappa shape index (κ3) is 7.64. The molecule has 1 aliphatic rings. The number of sulfonamides is 1. The van der Waals surface area contributed by atoms with Crippen molar-refractivity contribution in [1.29, 1.82) is 0 Å². The first kappa shape index (κ1) is 24.3. The summed E-state index contributed by atoms with van der Waals surface area (Å²) in [5.41, 5.74) is 0. The largest absolute Gasteiger partial charge is 0.378 e. The first-order valence-electron chi connectivity index (χ1n) is 10.7. The molecule has 1 aliphatic heterocycles. The maximum Gasteiger partial charge on any atom is 0.252 e. The molecule has 0 spiro atoms. The lowest BCUT2D eigenvalue weighted by atomic mass is 10.1. The molecule has 0 aromatic carbocycles. The molecule has 1 aromatic heterocycles. The molecule has 0 aliphatic carbocycles. The van der Waals surface area contributed by atoms with E-state index < -0.39 is 10.0 Å². The zero-order valence-corrected chi connectivity index (χ0v) is 19.4. The summed E-state index contributed by atoms with van der Waals surface area (Å²) < 4.78 is 34.1. The molecule has 0 radical (unpaired) electrons. The summed E-state index contributed by atoms with van der Waals surface area (Å²) in [6.45, 7) is 13.8. The highest BCUT2D eigenvalue weighted by atomic mass is 32.2. The Morgan fingerprint density at radius 1 is 1.17 bits per heavy atom. The van der Waals surface area contributed by atoms with E-state index >= 15 is 0 Å². The maximum atomic E-state index is 13.0. The van der Waals surface area contributed by atoms with Crippen LogP contribution in [0.5, 0.6) is 0 Å². The van der Waals surface area contributed by atoms with Crippen molar-refractivity contribution in [2.24, 2.45) is 0 Å². The summed E-state index contributed by atoms with van der Waals surface area (Å²) in [4.78, 5) is 3.21. The predicted octanol–water partition coefficient (Wildman–Crippen LogP) is 4.67. The van der Waals surface area contributed by atoms with Crippen molar-refractivity contribution in [1.82, 2.24) is 9.21 Å². The smallest absolute Gasteiger partial charge is 0.252 e. The molecule has 0 unspecified atom stereocenters. The van der Waals surface area contributed by atoms with Crippen LogP contribution in [0.3, 0.4) is 0 Å². The Morgan fingerprint density at radius 3 is 2.48 bits per heavy atom. The number of nitrogens with zero attached hydrogens (tertiary/aromatic N) is 2. The van der Waals surface area contributed by atoms with Gasteiger partial charge in [0.15, 0.2) is 0 Å². The summed E-state index contributed by atoms with van der Waals surface area (Å²) in [5, 5.41) is 0. The Morgan fingerprint density at radius 2 is 1.86 bits per heavy atom. The Bertz CT molecular complexity index is 712. The molecule has 2 rings (SSSR count). The van der Waals surface area contributed by atoms with Crippen molar-refractivity contribution in [3.05, 3.63) is 42.3 Å². The quantitative estimate of drug-likeness (QED) is 0.311. The van der Waals surface area contributed by atoms with Crippen molar-refractivity contribution in [3.63, 3.8) is 0 Å². The average Bonchev–Trinajstić information content (AvgIpc) is 3.18. The van der Waals surface area contributed by atoms with Crippen molar-refractivity contribution in [3.8, 4) is 0 Å². The summed E-state index contributed by atoms with van der Waals surface area (Å²) in [6, 6.07) is 3.66. The molecule has 1 fully saturated rings. The predicted molar refractivity (Wildman–Crippen MR) is 122 cm³/mol. The Kier molecular flexibility index (Phi) is 10.6. The van der Waals surface area contributed by atoms with Gasteiger partial charge in [0.25, 0.3) is 10.0 Å². The zero-order valence-electron chi connectivity index (χ0n) is 17.7. The van der Waals surface area contributed by atoms with Gasteiger partial charge < -0.3 is 4.74 Å². The molecule has 0 bridgehead atoms. The van der Waals surface area contributed by atoms with Gasteiger partial charge in [-0.2, -0.15) is 4.31 Å². The third-order valence-electron chi connectivity index (χ3n) is 5.14. The van der Waals surface area contributed by atoms with Crippen LogP contribution in [0.4, 0.5) is 0 Å². The number of hydrogen-bond acceptors (Lipinski definition) is 5. The summed E-state index contributed by atoms with van der Waals surface area (Å²) >= 11 is 1.36. The van der Waals surface area contributed by atoms with Gasteiger partial charge >= 0.3 is 0 Å². The van der Waals surface area contributed by atoms with Gasteiger partial charge in [-0.05, 0) is 31.4 Å². The summed E-state index contributed by atoms with van der Waals surface area (Å²) in [5.74, 6) is 0. The number of unbranched alkanes of at least 4 members (excludes halogenated alkanes) is 3. The van der Waals surface area contributed by atoms with Gasteiger partial charge in [0.1, 0.15) is 4.21 Å². The number of thiophene rings is 1. The van der Waals surface area contributed by atoms with E-state index in [-0.39, 0.29) is 6.10 Å². The normalized spacial score (nSPS) is 16.3. The number of ether oxygens (including phenoxy) is 1. The van der Waals surface area contributed by atoms with Gasteiger partial charge in [-0.3, -0.25) is 4.90 Å². The fourth-order valence-corrected chi connectivity index (χ4v) is 6.54. The fourth-order valence-electron chi connectivity index (χ4n) is 3.52. The molecule has 7 heteroatoms. The second-order valence-electron chi connectivity index (χ2n) is 7.53. The SMILES string of the molecule is C=CCN(CC=C)Cc1ccc(S(=O)(=O)N2CCC(OCCCCCC)CC2)s1. The average molecular weight is 441 g/mol. The van der Waals surface area contributed by atoms with Crippen LogP contribution in [-0.2, 0) is 21.3 Å². The Labute approximate surface area is 181 Å². The van der Waals surface area contributed by atoms with Gasteiger partial charge in [-0.15, -0.1) is 24.5 Å². The maximum absolute atomic E-state index is 13.0. The molecule has 29 heavy (non-hydrogen) atoms. The number of hydrogen-bond donors (Lipinski definition) is 0. The zero-order chi connectivity index (χ0) is 21.1. The first-order chi connectivity index (χ1) is 14.0. The van der Waals surface area contributed by atoms with E-state index in [0.29, 0.717) is 23.8 Å². The monoisotopic (exact) mass is 440 g/mol. The molecule has 0 N–H and O–H groups in total. The van der Waals surface area contributed by atoms with Crippen molar-refractivity contribution in [2.45, 2.75) is 62.3 Å². The molecule has 1 saturated heterocycles. The van der Waals surface area contributed by atoms with E-state index in [0.717, 1.165) is 43.8 Å². The van der Waals surface area contributed by atoms with Gasteiger partial charge in [-0.25, -0.2) is 8.42 Å². The molecule has 0 atom stereocenters. The summed E-state index contributed by atoms with van der Waals surface area (Å²) in [7, 11) is -3.42. The number of rotatable bonds is 14. The van der Waals surface area contributed by atoms with E-state index in [1.165, 1.54) is 30.6 Å². The summed E-state index contributed by atoms with van der Waals surface area (Å²) in [6.07, 6.45) is 10.2. The highest BCUT2D eigenvalue weighted by Crippen LogP contribution is 2.28. The highest BCUT2D eigenvalue weighted by molar-refractivity contribution is 7.91. The second kappa shape index (κ2) is 12.6. The van der Waals surface area contributed by atoms with Crippen molar-refractivity contribution >= 4 is 21.4 Å². The lowest BCUT2D eigenvalue weighted by Gasteiger charge is -2.30. The number of piperidine rings is 1. The second-order valence-corrected chi connectivity index (χ2v) is 10.9. The third-order valence-corrected chi connectivity index (χ3v) is 8.57. The Balaban J connectivity index is 1.86. The molecule has 0 amide bonds. The van der Waals surface area contributed by atoms with Gasteiger partial charge in [-0.1, -0.05) is 38.3 Å². The van der Waals surface area contributed by atoms with Crippen LogP contribution in [0.25, 0.3) is 0 Å². The molecular formula is C22H36N2O3S2. The van der Waals surface area contributed by atoms with Crippen LogP contribution < -0.4 is 0 Å². The lowest BCUT2D eigenvalue weighted by molar-refractivity contribution is 0.0193. The van der Waals surface area contributed by atoms with Crippen LogP contribution in [-0.4, -0.2) is 56.5 Å². The Hall–Kier alpha value is -0.990. The first-order valence-corrected chi connectivity index (χ1v) is 12.9. The van der Waals surface area contributed by atoms with Crippen LogP contribution in [0.15, 0.2) is 41.7 Å². The molecule has 2 heterocycles. The fraction of sp³-hybridized carbons (Fsp3) is 0.636. The van der Waals surface area contributed by atoms with Crippen molar-refractivity contribution in [2.75, 3.05) is 32.8 Å². The highest BCUT2D eigenvalue weighted by Gasteiger charge is 2.30. The molecule has 1 aromatic rings. The van der Waals surface area contributed by atoms with Crippen LogP contribution >= 0.6 is 11.3 Å². The van der Waals surface area contributed by atoms with Gasteiger partial charge in [0.05, 0.1) is 6.10 Å². The van der Waals surface area contributed by atoms with E-state index in [4.69, 9.17) is 4.74 Å². The van der Waals surface area contributed by atoms with Crippen LogP contribution in [0, 0.1) is 0 Å². The minimum absolute atomic E-state index is 0.188. The van der Waals surface area contributed by atoms with Crippen LogP contribution in [0.2, 0.25) is 0 Å². The minimum Gasteiger partial charge on any atom is -0.378 e.